The number of aliphatic hydroxyl groups is 1. The van der Waals surface area contributed by atoms with Crippen molar-refractivity contribution in [2.24, 2.45) is 0 Å². The number of phenols is 1. The van der Waals surface area contributed by atoms with Gasteiger partial charge in [0.25, 0.3) is 11.7 Å². The number of aliphatic hydroxyl groups excluding tert-OH is 1. The Morgan fingerprint density at radius 1 is 0.805 bits per heavy atom. The summed E-state index contributed by atoms with van der Waals surface area (Å²) >= 11 is 0. The van der Waals surface area contributed by atoms with Crippen molar-refractivity contribution in [1.82, 2.24) is 4.90 Å². The number of aromatic hydroxyl groups is 1. The Hall–Kier alpha value is -3.28. The van der Waals surface area contributed by atoms with Gasteiger partial charge in [0.1, 0.15) is 5.76 Å². The molecule has 1 aliphatic rings. The minimum absolute atomic E-state index is 0.0290. The van der Waals surface area contributed by atoms with Crippen LogP contribution in [0, 0.1) is 6.92 Å². The third kappa shape index (κ3) is 9.11. The number of carbonyl (C=O) groups is 2. The van der Waals surface area contributed by atoms with Gasteiger partial charge < -0.3 is 19.8 Å². The van der Waals surface area contributed by atoms with Gasteiger partial charge in [-0.3, -0.25) is 9.59 Å². The van der Waals surface area contributed by atoms with Crippen molar-refractivity contribution in [3.8, 4) is 11.5 Å². The lowest BCUT2D eigenvalue weighted by molar-refractivity contribution is -0.139. The molecule has 3 rings (SSSR count). The van der Waals surface area contributed by atoms with Gasteiger partial charge in [0.05, 0.1) is 18.7 Å². The van der Waals surface area contributed by atoms with Gasteiger partial charge in [-0.25, -0.2) is 0 Å². The monoisotopic (exact) mass is 563 g/mol. The first-order chi connectivity index (χ1) is 19.9. The van der Waals surface area contributed by atoms with Crippen molar-refractivity contribution in [1.29, 1.82) is 0 Å². The number of carbonyl (C=O) groups excluding carboxylic acids is 2. The average molecular weight is 564 g/mol. The number of likely N-dealkylation sites (tertiary alicyclic amines) is 1. The van der Waals surface area contributed by atoms with Gasteiger partial charge in [0, 0.05) is 12.1 Å². The Bertz CT molecular complexity index is 1150. The maximum atomic E-state index is 13.3. The van der Waals surface area contributed by atoms with Crippen LogP contribution in [0.2, 0.25) is 0 Å². The normalized spacial score (nSPS) is 16.5. The molecule has 2 N–H and O–H groups in total. The van der Waals surface area contributed by atoms with E-state index in [1.165, 1.54) is 83.8 Å². The molecule has 0 unspecified atom stereocenters. The number of hydrogen-bond donors (Lipinski definition) is 2. The number of ether oxygens (including phenoxy) is 1. The summed E-state index contributed by atoms with van der Waals surface area (Å²) in [6, 6.07) is 11.3. The summed E-state index contributed by atoms with van der Waals surface area (Å²) in [5, 5.41) is 21.4. The summed E-state index contributed by atoms with van der Waals surface area (Å²) in [6.07, 6.45) is 17.4. The summed E-state index contributed by atoms with van der Waals surface area (Å²) in [5.74, 6) is -1.27. The smallest absolute Gasteiger partial charge is 0.295 e. The third-order valence-electron chi connectivity index (χ3n) is 8.14. The molecule has 0 spiro atoms. The molecule has 0 aromatic heterocycles. The first kappa shape index (κ1) is 32.2. The van der Waals surface area contributed by atoms with Gasteiger partial charge in [-0.05, 0) is 31.0 Å². The largest absolute Gasteiger partial charge is 0.507 e. The number of rotatable bonds is 18. The second kappa shape index (κ2) is 16.9. The molecular weight excluding hydrogens is 514 g/mol. The number of Topliss-reactive ketones (excluding diaryl/α,β-unsaturated/α-hetero) is 1. The molecular formula is C35H49NO5. The SMILES string of the molecule is CCCCCCCCCCCCCCCCN1C(=O)C(=O)/C(=C(/O)c2ccc(C)cc2)[C@@H]1c1ccc(O)c(OC)c1. The molecule has 6 nitrogen and oxygen atoms in total. The summed E-state index contributed by atoms with van der Waals surface area (Å²) in [7, 11) is 1.46. The second-order valence-electron chi connectivity index (χ2n) is 11.4. The molecule has 2 aromatic rings. The van der Waals surface area contributed by atoms with Crippen molar-refractivity contribution in [3.05, 3.63) is 64.7 Å². The van der Waals surface area contributed by atoms with E-state index >= 15 is 0 Å². The number of nitrogens with zero attached hydrogens (tertiary/aromatic N) is 1. The summed E-state index contributed by atoms with van der Waals surface area (Å²) in [4.78, 5) is 28.1. The fraction of sp³-hybridized carbons (Fsp3) is 0.543. The third-order valence-corrected chi connectivity index (χ3v) is 8.14. The molecule has 1 heterocycles. The number of methoxy groups -OCH3 is 1. The van der Waals surface area contributed by atoms with E-state index in [4.69, 9.17) is 4.74 Å². The topological polar surface area (TPSA) is 87.1 Å². The van der Waals surface area contributed by atoms with Crippen LogP contribution in [-0.4, -0.2) is 40.5 Å². The highest BCUT2D eigenvalue weighted by Crippen LogP contribution is 2.42. The summed E-state index contributed by atoms with van der Waals surface area (Å²) in [6.45, 7) is 4.62. The minimum Gasteiger partial charge on any atom is -0.507 e. The Balaban J connectivity index is 1.59. The van der Waals surface area contributed by atoms with E-state index in [0.29, 0.717) is 17.7 Å². The zero-order valence-corrected chi connectivity index (χ0v) is 25.3. The van der Waals surface area contributed by atoms with Crippen LogP contribution in [0.3, 0.4) is 0 Å². The lowest BCUT2D eigenvalue weighted by Gasteiger charge is -2.26. The number of benzene rings is 2. The van der Waals surface area contributed by atoms with Gasteiger partial charge >= 0.3 is 0 Å². The maximum absolute atomic E-state index is 13.3. The highest BCUT2D eigenvalue weighted by molar-refractivity contribution is 6.46. The van der Waals surface area contributed by atoms with Crippen molar-refractivity contribution in [2.45, 2.75) is 110 Å². The van der Waals surface area contributed by atoms with Gasteiger partial charge in [-0.1, -0.05) is 126 Å². The molecule has 224 valence electrons. The number of unbranched alkanes of at least 4 members (excludes halogenated alkanes) is 13. The molecule has 1 amide bonds. The highest BCUT2D eigenvalue weighted by Gasteiger charge is 2.46. The van der Waals surface area contributed by atoms with Gasteiger partial charge in [0.2, 0.25) is 0 Å². The van der Waals surface area contributed by atoms with Crippen molar-refractivity contribution >= 4 is 17.4 Å². The number of hydrogen-bond acceptors (Lipinski definition) is 5. The zero-order valence-electron chi connectivity index (χ0n) is 25.3. The fourth-order valence-electron chi connectivity index (χ4n) is 5.67. The van der Waals surface area contributed by atoms with E-state index in [1.54, 1.807) is 29.2 Å². The molecule has 0 radical (unpaired) electrons. The van der Waals surface area contributed by atoms with Crippen LogP contribution >= 0.6 is 0 Å². The Kier molecular flexibility index (Phi) is 13.3. The van der Waals surface area contributed by atoms with Gasteiger partial charge in [0.15, 0.2) is 11.5 Å². The van der Waals surface area contributed by atoms with E-state index in [0.717, 1.165) is 24.8 Å². The predicted molar refractivity (Wildman–Crippen MR) is 165 cm³/mol. The Morgan fingerprint density at radius 3 is 1.88 bits per heavy atom. The van der Waals surface area contributed by atoms with Crippen LogP contribution in [0.25, 0.3) is 5.76 Å². The van der Waals surface area contributed by atoms with Crippen molar-refractivity contribution < 1.29 is 24.5 Å². The molecule has 1 aliphatic heterocycles. The number of aryl methyl sites for hydroxylation is 1. The van der Waals surface area contributed by atoms with Crippen molar-refractivity contribution in [2.75, 3.05) is 13.7 Å². The maximum Gasteiger partial charge on any atom is 0.295 e. The summed E-state index contributed by atoms with van der Waals surface area (Å²) in [5.41, 5.74) is 2.19. The number of phenolic OH excluding ortho intramolecular Hbond substituents is 1. The van der Waals surface area contributed by atoms with Crippen LogP contribution in [0.5, 0.6) is 11.5 Å². The van der Waals surface area contributed by atoms with E-state index in [2.05, 4.69) is 6.92 Å². The first-order valence-electron chi connectivity index (χ1n) is 15.6. The van der Waals surface area contributed by atoms with E-state index < -0.39 is 17.7 Å². The molecule has 41 heavy (non-hydrogen) atoms. The Morgan fingerprint density at radius 2 is 1.34 bits per heavy atom. The minimum atomic E-state index is -0.757. The second-order valence-corrected chi connectivity index (χ2v) is 11.4. The molecule has 1 atom stereocenters. The molecule has 1 saturated heterocycles. The lowest BCUT2D eigenvalue weighted by atomic mass is 9.94. The molecule has 0 bridgehead atoms. The van der Waals surface area contributed by atoms with Crippen LogP contribution in [-0.2, 0) is 9.59 Å². The molecule has 0 aliphatic carbocycles. The number of amides is 1. The highest BCUT2D eigenvalue weighted by atomic mass is 16.5. The van der Waals surface area contributed by atoms with Crippen molar-refractivity contribution in [3.63, 3.8) is 0 Å². The molecule has 1 fully saturated rings. The molecule has 2 aromatic carbocycles. The number of ketones is 1. The standard InChI is InChI=1S/C35H49NO5/c1-4-5-6-7-8-9-10-11-12-13-14-15-16-17-24-36-32(28-22-23-29(37)30(25-28)41-3)31(34(39)35(36)40)33(38)27-20-18-26(2)19-21-27/h18-23,25,32,37-38H,4-17,24H2,1-3H3/b33-31+/t32-/m0/s1. The average Bonchev–Trinajstić information content (AvgIpc) is 3.22. The van der Waals surface area contributed by atoms with Gasteiger partial charge in [-0.2, -0.15) is 0 Å². The Labute approximate surface area is 246 Å². The lowest BCUT2D eigenvalue weighted by Crippen LogP contribution is -2.30. The predicted octanol–water partition coefficient (Wildman–Crippen LogP) is 8.61. The fourth-order valence-corrected chi connectivity index (χ4v) is 5.67. The van der Waals surface area contributed by atoms with E-state index in [1.807, 2.05) is 19.1 Å². The quantitative estimate of drug-likeness (QED) is 0.0820. The van der Waals surface area contributed by atoms with Crippen LogP contribution in [0.15, 0.2) is 48.0 Å². The molecule has 0 saturated carbocycles. The van der Waals surface area contributed by atoms with Gasteiger partial charge in [-0.15, -0.1) is 0 Å². The first-order valence-corrected chi connectivity index (χ1v) is 15.6. The van der Waals surface area contributed by atoms with Crippen LogP contribution < -0.4 is 4.74 Å². The van der Waals surface area contributed by atoms with E-state index in [9.17, 15) is 19.8 Å². The summed E-state index contributed by atoms with van der Waals surface area (Å²) < 4.78 is 5.30. The van der Waals surface area contributed by atoms with Crippen LogP contribution in [0.4, 0.5) is 0 Å². The van der Waals surface area contributed by atoms with E-state index in [-0.39, 0.29) is 22.8 Å². The zero-order chi connectivity index (χ0) is 29.6. The molecule has 6 heteroatoms. The van der Waals surface area contributed by atoms with Crippen LogP contribution in [0.1, 0.15) is 120 Å².